The Morgan fingerprint density at radius 1 is 1.33 bits per heavy atom. The number of hydrogen-bond acceptors (Lipinski definition) is 4. The zero-order valence-corrected chi connectivity index (χ0v) is 9.17. The highest BCUT2D eigenvalue weighted by Gasteiger charge is 2.09. The van der Waals surface area contributed by atoms with Crippen molar-refractivity contribution in [1.82, 2.24) is 0 Å². The van der Waals surface area contributed by atoms with Gasteiger partial charge in [-0.2, -0.15) is 0 Å². The summed E-state index contributed by atoms with van der Waals surface area (Å²) in [5.74, 6) is 1.10. The minimum Gasteiger partial charge on any atom is -0.496 e. The summed E-state index contributed by atoms with van der Waals surface area (Å²) in [5.41, 5.74) is 0.714. The Bertz CT molecular complexity index is 400. The van der Waals surface area contributed by atoms with E-state index in [9.17, 15) is 4.79 Å². The molecule has 1 rings (SSSR count). The van der Waals surface area contributed by atoms with Crippen molar-refractivity contribution in [3.63, 3.8) is 0 Å². The predicted molar refractivity (Wildman–Crippen MR) is 56.4 cm³/mol. The normalized spacial score (nSPS) is 9.27. The number of carbonyl (C=O) groups excluding carboxylic acids is 1. The lowest BCUT2D eigenvalue weighted by Gasteiger charge is -2.09. The molecule has 0 unspecified atom stereocenters. The van der Waals surface area contributed by atoms with Crippen molar-refractivity contribution < 1.29 is 14.3 Å². The van der Waals surface area contributed by atoms with Gasteiger partial charge in [-0.15, -0.1) is 0 Å². The second-order valence-corrected chi connectivity index (χ2v) is 3.11. The van der Waals surface area contributed by atoms with E-state index in [0.717, 1.165) is 0 Å². The van der Waals surface area contributed by atoms with Crippen LogP contribution < -0.4 is 9.47 Å². The SMILES string of the molecule is COc1cc(OC)c(CN=C=O)cc1Cl. The number of isocyanates is 1. The fourth-order valence-electron chi connectivity index (χ4n) is 1.16. The van der Waals surface area contributed by atoms with Crippen molar-refractivity contribution >= 4 is 17.7 Å². The molecule has 0 amide bonds. The highest BCUT2D eigenvalue weighted by atomic mass is 35.5. The van der Waals surface area contributed by atoms with Gasteiger partial charge in [0.1, 0.15) is 11.5 Å². The third-order valence-electron chi connectivity index (χ3n) is 1.87. The van der Waals surface area contributed by atoms with E-state index >= 15 is 0 Å². The van der Waals surface area contributed by atoms with Crippen molar-refractivity contribution in [1.29, 1.82) is 0 Å². The summed E-state index contributed by atoms with van der Waals surface area (Å²) in [5, 5.41) is 0.453. The molecule has 0 saturated carbocycles. The van der Waals surface area contributed by atoms with E-state index in [1.807, 2.05) is 0 Å². The van der Waals surface area contributed by atoms with Gasteiger partial charge >= 0.3 is 0 Å². The van der Waals surface area contributed by atoms with Gasteiger partial charge in [0.15, 0.2) is 0 Å². The second kappa shape index (κ2) is 5.39. The topological polar surface area (TPSA) is 47.9 Å². The molecule has 0 atom stereocenters. The number of rotatable bonds is 4. The maximum absolute atomic E-state index is 10.00. The largest absolute Gasteiger partial charge is 0.496 e. The summed E-state index contributed by atoms with van der Waals surface area (Å²) < 4.78 is 10.1. The van der Waals surface area contributed by atoms with Crippen LogP contribution in [0.3, 0.4) is 0 Å². The standard InChI is InChI=1S/C10H10ClNO3/c1-14-9-4-10(15-2)8(11)3-7(9)5-12-6-13/h3-4H,5H2,1-2H3. The smallest absolute Gasteiger partial charge is 0.235 e. The van der Waals surface area contributed by atoms with Gasteiger partial charge in [0.05, 0.1) is 25.8 Å². The van der Waals surface area contributed by atoms with E-state index < -0.39 is 0 Å². The van der Waals surface area contributed by atoms with Crippen molar-refractivity contribution in [3.8, 4) is 11.5 Å². The molecule has 4 nitrogen and oxygen atoms in total. The molecule has 0 N–H and O–H groups in total. The third-order valence-corrected chi connectivity index (χ3v) is 2.16. The fraction of sp³-hybridized carbons (Fsp3) is 0.300. The molecule has 0 aliphatic heterocycles. The second-order valence-electron chi connectivity index (χ2n) is 2.71. The molecule has 1 aromatic carbocycles. The minimum absolute atomic E-state index is 0.191. The van der Waals surface area contributed by atoms with E-state index in [0.29, 0.717) is 22.1 Å². The minimum atomic E-state index is 0.191. The van der Waals surface area contributed by atoms with Crippen molar-refractivity contribution in [2.45, 2.75) is 6.54 Å². The van der Waals surface area contributed by atoms with Crippen LogP contribution in [0.25, 0.3) is 0 Å². The van der Waals surface area contributed by atoms with E-state index in [2.05, 4.69) is 4.99 Å². The molecule has 1 aromatic rings. The van der Waals surface area contributed by atoms with Crippen LogP contribution in [-0.4, -0.2) is 20.3 Å². The molecule has 5 heteroatoms. The highest BCUT2D eigenvalue weighted by molar-refractivity contribution is 6.32. The maximum Gasteiger partial charge on any atom is 0.235 e. The number of hydrogen-bond donors (Lipinski definition) is 0. The Morgan fingerprint density at radius 3 is 2.53 bits per heavy atom. The molecule has 0 aliphatic carbocycles. The Hall–Kier alpha value is -1.51. The summed E-state index contributed by atoms with van der Waals surface area (Å²) in [6.45, 7) is 0.191. The van der Waals surface area contributed by atoms with Gasteiger partial charge in [-0.3, -0.25) is 0 Å². The molecule has 0 heterocycles. The number of nitrogens with zero attached hydrogens (tertiary/aromatic N) is 1. The molecule has 0 spiro atoms. The van der Waals surface area contributed by atoms with Crippen LogP contribution >= 0.6 is 11.6 Å². The van der Waals surface area contributed by atoms with Crippen molar-refractivity contribution in [2.24, 2.45) is 4.99 Å². The third kappa shape index (κ3) is 2.72. The van der Waals surface area contributed by atoms with E-state index in [1.54, 1.807) is 12.1 Å². The zero-order valence-electron chi connectivity index (χ0n) is 8.41. The number of benzene rings is 1. The van der Waals surface area contributed by atoms with Gasteiger partial charge in [0.25, 0.3) is 0 Å². The van der Waals surface area contributed by atoms with E-state index in [-0.39, 0.29) is 6.54 Å². The lowest BCUT2D eigenvalue weighted by atomic mass is 10.2. The molecule has 0 fully saturated rings. The van der Waals surface area contributed by atoms with Crippen molar-refractivity contribution in [2.75, 3.05) is 14.2 Å². The van der Waals surface area contributed by atoms with Gasteiger partial charge in [-0.05, 0) is 6.07 Å². The highest BCUT2D eigenvalue weighted by Crippen LogP contribution is 2.32. The molecular formula is C10H10ClNO3. The summed E-state index contributed by atoms with van der Waals surface area (Å²) in [6.07, 6.45) is 1.46. The first-order chi connectivity index (χ1) is 7.22. The van der Waals surface area contributed by atoms with Crippen LogP contribution in [-0.2, 0) is 11.3 Å². The summed E-state index contributed by atoms with van der Waals surface area (Å²) in [7, 11) is 3.04. The number of methoxy groups -OCH3 is 2. The van der Waals surface area contributed by atoms with Crippen molar-refractivity contribution in [3.05, 3.63) is 22.7 Å². The van der Waals surface area contributed by atoms with Crippen LogP contribution in [0.15, 0.2) is 17.1 Å². The predicted octanol–water partition coefficient (Wildman–Crippen LogP) is 2.19. The molecule has 0 radical (unpaired) electrons. The van der Waals surface area contributed by atoms with Crippen LogP contribution in [0, 0.1) is 0 Å². The molecule has 0 aliphatic rings. The Balaban J connectivity index is 3.14. The Kier molecular flexibility index (Phi) is 4.16. The van der Waals surface area contributed by atoms with Crippen LogP contribution in [0.2, 0.25) is 5.02 Å². The Morgan fingerprint density at radius 2 is 2.00 bits per heavy atom. The molecule has 0 saturated heterocycles. The zero-order chi connectivity index (χ0) is 11.3. The summed E-state index contributed by atoms with van der Waals surface area (Å²) >= 11 is 5.92. The number of ether oxygens (including phenoxy) is 2. The van der Waals surface area contributed by atoms with E-state index in [1.165, 1.54) is 20.3 Å². The first-order valence-corrected chi connectivity index (χ1v) is 4.54. The average molecular weight is 228 g/mol. The first kappa shape index (κ1) is 11.6. The Labute approximate surface area is 92.5 Å². The molecule has 80 valence electrons. The fourth-order valence-corrected chi connectivity index (χ4v) is 1.43. The number of halogens is 1. The molecule has 0 bridgehead atoms. The summed E-state index contributed by atoms with van der Waals surface area (Å²) in [4.78, 5) is 13.5. The van der Waals surface area contributed by atoms with Gasteiger partial charge in [0, 0.05) is 11.6 Å². The maximum atomic E-state index is 10.00. The van der Waals surface area contributed by atoms with Crippen LogP contribution in [0.1, 0.15) is 5.56 Å². The summed E-state index contributed by atoms with van der Waals surface area (Å²) in [6, 6.07) is 3.30. The lowest BCUT2D eigenvalue weighted by molar-refractivity contribution is 0.391. The van der Waals surface area contributed by atoms with Crippen LogP contribution in [0.4, 0.5) is 0 Å². The van der Waals surface area contributed by atoms with Gasteiger partial charge in [-0.25, -0.2) is 9.79 Å². The van der Waals surface area contributed by atoms with Gasteiger partial charge in [0.2, 0.25) is 6.08 Å². The molecule has 0 aromatic heterocycles. The van der Waals surface area contributed by atoms with Gasteiger partial charge < -0.3 is 9.47 Å². The molecular weight excluding hydrogens is 218 g/mol. The molecule has 15 heavy (non-hydrogen) atoms. The monoisotopic (exact) mass is 227 g/mol. The van der Waals surface area contributed by atoms with E-state index in [4.69, 9.17) is 21.1 Å². The average Bonchev–Trinajstić information content (AvgIpc) is 2.26. The number of aliphatic imine (C=N–C) groups is 1. The van der Waals surface area contributed by atoms with Crippen LogP contribution in [0.5, 0.6) is 11.5 Å². The van der Waals surface area contributed by atoms with Gasteiger partial charge in [-0.1, -0.05) is 11.6 Å². The quantitative estimate of drug-likeness (QED) is 0.585. The lowest BCUT2D eigenvalue weighted by Crippen LogP contribution is -1.93. The first-order valence-electron chi connectivity index (χ1n) is 4.17.